The number of aromatic nitrogens is 3. The average molecular weight is 350 g/mol. The maximum atomic E-state index is 12.0. The number of nitrogens with zero attached hydrogens (tertiary/aromatic N) is 3. The topological polar surface area (TPSA) is 81.1 Å². The lowest BCUT2D eigenvalue weighted by atomic mass is 10.2. The van der Waals surface area contributed by atoms with E-state index in [9.17, 15) is 4.79 Å². The van der Waals surface area contributed by atoms with Gasteiger partial charge in [-0.05, 0) is 31.4 Å². The highest BCUT2D eigenvalue weighted by Crippen LogP contribution is 2.29. The molecule has 7 nitrogen and oxygen atoms in total. The van der Waals surface area contributed by atoms with Crippen molar-refractivity contribution in [3.8, 4) is 5.88 Å². The van der Waals surface area contributed by atoms with Crippen LogP contribution in [0.15, 0.2) is 37.1 Å². The molecule has 1 fully saturated rings. The molecule has 0 unspecified atom stereocenters. The lowest BCUT2D eigenvalue weighted by molar-refractivity contribution is 0.229. The van der Waals surface area contributed by atoms with Crippen LogP contribution in [-0.4, -0.2) is 39.8 Å². The van der Waals surface area contributed by atoms with Gasteiger partial charge in [0.2, 0.25) is 5.88 Å². The maximum absolute atomic E-state index is 12.0. The highest BCUT2D eigenvalue weighted by molar-refractivity contribution is 6.31. The minimum absolute atomic E-state index is 0.116. The van der Waals surface area contributed by atoms with E-state index in [1.54, 1.807) is 30.9 Å². The Morgan fingerprint density at radius 2 is 2.33 bits per heavy atom. The summed E-state index contributed by atoms with van der Waals surface area (Å²) in [5.41, 5.74) is 0. The SMILES string of the molecule is O=C(NCCOc1ncccc1Cl)N[C@@H]1CCC[C@H]1n1ccnc1. The maximum Gasteiger partial charge on any atom is 0.315 e. The first kappa shape index (κ1) is 16.6. The van der Waals surface area contributed by atoms with Gasteiger partial charge >= 0.3 is 6.03 Å². The fraction of sp³-hybridized carbons (Fsp3) is 0.438. The molecule has 2 aromatic rings. The summed E-state index contributed by atoms with van der Waals surface area (Å²) in [6, 6.07) is 3.63. The monoisotopic (exact) mass is 349 g/mol. The summed E-state index contributed by atoms with van der Waals surface area (Å²) in [5, 5.41) is 6.28. The van der Waals surface area contributed by atoms with Gasteiger partial charge in [-0.2, -0.15) is 0 Å². The summed E-state index contributed by atoms with van der Waals surface area (Å²) in [4.78, 5) is 20.2. The number of amides is 2. The van der Waals surface area contributed by atoms with Gasteiger partial charge in [-0.1, -0.05) is 11.6 Å². The van der Waals surface area contributed by atoms with Crippen molar-refractivity contribution in [2.75, 3.05) is 13.2 Å². The van der Waals surface area contributed by atoms with E-state index in [-0.39, 0.29) is 18.1 Å². The van der Waals surface area contributed by atoms with Crippen molar-refractivity contribution in [1.29, 1.82) is 0 Å². The van der Waals surface area contributed by atoms with E-state index in [2.05, 4.69) is 25.2 Å². The Kier molecular flexibility index (Phi) is 5.53. The fourth-order valence-electron chi connectivity index (χ4n) is 2.94. The van der Waals surface area contributed by atoms with Crippen LogP contribution in [-0.2, 0) is 0 Å². The van der Waals surface area contributed by atoms with Crippen molar-refractivity contribution in [2.45, 2.75) is 31.3 Å². The Bertz CT molecular complexity index is 664. The Morgan fingerprint density at radius 1 is 1.42 bits per heavy atom. The van der Waals surface area contributed by atoms with E-state index in [0.29, 0.717) is 24.1 Å². The predicted octanol–water partition coefficient (Wildman–Crippen LogP) is 2.40. The molecule has 0 bridgehead atoms. The van der Waals surface area contributed by atoms with Gasteiger partial charge in [0.05, 0.1) is 25.0 Å². The van der Waals surface area contributed by atoms with Gasteiger partial charge in [0.15, 0.2) is 0 Å². The number of hydrogen-bond acceptors (Lipinski definition) is 4. The van der Waals surface area contributed by atoms with Crippen LogP contribution < -0.4 is 15.4 Å². The van der Waals surface area contributed by atoms with Crippen LogP contribution in [0.1, 0.15) is 25.3 Å². The third-order valence-corrected chi connectivity index (χ3v) is 4.34. The van der Waals surface area contributed by atoms with Crippen LogP contribution in [0.2, 0.25) is 5.02 Å². The van der Waals surface area contributed by atoms with Crippen molar-refractivity contribution >= 4 is 17.6 Å². The van der Waals surface area contributed by atoms with Crippen LogP contribution in [0, 0.1) is 0 Å². The standard InChI is InChI=1S/C16H20ClN5O2/c17-12-3-2-6-19-15(12)24-10-8-20-16(23)21-13-4-1-5-14(13)22-9-7-18-11-22/h2-3,6-7,9,11,13-14H,1,4-5,8,10H2,(H2,20,21,23)/t13-,14-/m1/s1. The van der Waals surface area contributed by atoms with Gasteiger partial charge in [-0.3, -0.25) is 0 Å². The van der Waals surface area contributed by atoms with Gasteiger partial charge in [-0.25, -0.2) is 14.8 Å². The largest absolute Gasteiger partial charge is 0.475 e. The number of nitrogens with one attached hydrogen (secondary N) is 2. The molecule has 2 N–H and O–H groups in total. The third-order valence-electron chi connectivity index (χ3n) is 4.05. The molecule has 0 radical (unpaired) electrons. The number of rotatable bonds is 6. The molecule has 1 saturated carbocycles. The molecular formula is C16H20ClN5O2. The molecule has 0 spiro atoms. The molecule has 3 rings (SSSR count). The fourth-order valence-corrected chi connectivity index (χ4v) is 3.12. The summed E-state index contributed by atoms with van der Waals surface area (Å²) in [5.74, 6) is 0.373. The quantitative estimate of drug-likeness (QED) is 0.785. The number of carbonyl (C=O) groups is 1. The molecule has 24 heavy (non-hydrogen) atoms. The minimum atomic E-state index is -0.192. The normalized spacial score (nSPS) is 19.9. The molecule has 1 aliphatic carbocycles. The summed E-state index contributed by atoms with van der Waals surface area (Å²) < 4.78 is 7.50. The van der Waals surface area contributed by atoms with Crippen molar-refractivity contribution < 1.29 is 9.53 Å². The molecule has 0 saturated heterocycles. The van der Waals surface area contributed by atoms with E-state index in [4.69, 9.17) is 16.3 Å². The Hall–Kier alpha value is -2.28. The lowest BCUT2D eigenvalue weighted by Gasteiger charge is -2.22. The van der Waals surface area contributed by atoms with Crippen LogP contribution in [0.3, 0.4) is 0 Å². The van der Waals surface area contributed by atoms with E-state index in [0.717, 1.165) is 19.3 Å². The first-order valence-corrected chi connectivity index (χ1v) is 8.37. The van der Waals surface area contributed by atoms with E-state index in [1.807, 2.05) is 6.20 Å². The smallest absolute Gasteiger partial charge is 0.315 e. The number of carbonyl (C=O) groups excluding carboxylic acids is 1. The minimum Gasteiger partial charge on any atom is -0.475 e. The van der Waals surface area contributed by atoms with Crippen molar-refractivity contribution in [2.24, 2.45) is 0 Å². The third kappa shape index (κ3) is 4.17. The molecule has 1 aliphatic rings. The summed E-state index contributed by atoms with van der Waals surface area (Å²) in [6.07, 6.45) is 10.2. The highest BCUT2D eigenvalue weighted by atomic mass is 35.5. The van der Waals surface area contributed by atoms with Gasteiger partial charge in [0, 0.05) is 18.6 Å². The van der Waals surface area contributed by atoms with Crippen LogP contribution in [0.25, 0.3) is 0 Å². The van der Waals surface area contributed by atoms with E-state index >= 15 is 0 Å². The van der Waals surface area contributed by atoms with Gasteiger partial charge in [0.25, 0.3) is 0 Å². The molecule has 2 amide bonds. The molecule has 2 atom stereocenters. The van der Waals surface area contributed by atoms with E-state index in [1.165, 1.54) is 0 Å². The van der Waals surface area contributed by atoms with Gasteiger partial charge < -0.3 is 19.9 Å². The van der Waals surface area contributed by atoms with E-state index < -0.39 is 0 Å². The first-order chi connectivity index (χ1) is 11.7. The molecule has 2 aromatic heterocycles. The Morgan fingerprint density at radius 3 is 3.12 bits per heavy atom. The summed E-state index contributed by atoms with van der Waals surface area (Å²) in [7, 11) is 0. The van der Waals surface area contributed by atoms with Crippen molar-refractivity contribution in [3.63, 3.8) is 0 Å². The van der Waals surface area contributed by atoms with Crippen LogP contribution in [0.5, 0.6) is 5.88 Å². The molecule has 0 aromatic carbocycles. The first-order valence-electron chi connectivity index (χ1n) is 7.99. The lowest BCUT2D eigenvalue weighted by Crippen LogP contribution is -2.45. The van der Waals surface area contributed by atoms with Crippen LogP contribution >= 0.6 is 11.6 Å². The molecule has 0 aliphatic heterocycles. The van der Waals surface area contributed by atoms with Crippen LogP contribution in [0.4, 0.5) is 4.79 Å². The summed E-state index contributed by atoms with van der Waals surface area (Å²) in [6.45, 7) is 0.682. The number of halogens is 1. The second kappa shape index (κ2) is 8.01. The zero-order valence-corrected chi connectivity index (χ0v) is 13.9. The molecule has 128 valence electrons. The van der Waals surface area contributed by atoms with Crippen molar-refractivity contribution in [1.82, 2.24) is 25.2 Å². The Balaban J connectivity index is 1.40. The van der Waals surface area contributed by atoms with Gasteiger partial charge in [-0.15, -0.1) is 0 Å². The zero-order valence-electron chi connectivity index (χ0n) is 13.2. The average Bonchev–Trinajstić information content (AvgIpc) is 3.24. The number of urea groups is 1. The molecule has 2 heterocycles. The highest BCUT2D eigenvalue weighted by Gasteiger charge is 2.29. The molecule has 8 heteroatoms. The number of pyridine rings is 1. The number of ether oxygens (including phenoxy) is 1. The molecular weight excluding hydrogens is 330 g/mol. The van der Waals surface area contributed by atoms with Gasteiger partial charge in [0.1, 0.15) is 11.6 Å². The number of imidazole rings is 1. The summed E-state index contributed by atoms with van der Waals surface area (Å²) >= 11 is 5.95. The Labute approximate surface area is 145 Å². The predicted molar refractivity (Wildman–Crippen MR) is 90.2 cm³/mol. The second-order valence-electron chi connectivity index (χ2n) is 5.65. The zero-order chi connectivity index (χ0) is 16.8. The number of hydrogen-bond donors (Lipinski definition) is 2. The van der Waals surface area contributed by atoms with Crippen molar-refractivity contribution in [3.05, 3.63) is 42.1 Å². The second-order valence-corrected chi connectivity index (χ2v) is 6.06.